The number of ether oxygens (including phenoxy) is 1. The van der Waals surface area contributed by atoms with E-state index < -0.39 is 0 Å². The summed E-state index contributed by atoms with van der Waals surface area (Å²) >= 11 is 0. The summed E-state index contributed by atoms with van der Waals surface area (Å²) in [6.45, 7) is 1.46. The van der Waals surface area contributed by atoms with E-state index in [1.165, 1.54) is 18.9 Å². The van der Waals surface area contributed by atoms with E-state index in [4.69, 9.17) is 4.74 Å². The quantitative estimate of drug-likeness (QED) is 0.792. The Morgan fingerprint density at radius 1 is 1.42 bits per heavy atom. The third-order valence-electron chi connectivity index (χ3n) is 3.71. The molecule has 0 radical (unpaired) electrons. The number of fused-ring (bicyclic) bond motifs is 1. The van der Waals surface area contributed by atoms with E-state index in [1.807, 2.05) is 37.2 Å². The Hall–Kier alpha value is -2.47. The number of carbonyl (C=O) groups is 1. The third kappa shape index (κ3) is 4.76. The summed E-state index contributed by atoms with van der Waals surface area (Å²) in [5, 5.41) is 3.59. The molecule has 0 bridgehead atoms. The van der Waals surface area contributed by atoms with Gasteiger partial charge in [-0.3, -0.25) is 10.1 Å². The molecule has 0 spiro atoms. The summed E-state index contributed by atoms with van der Waals surface area (Å²) in [6.07, 6.45) is 7.50. The smallest absolute Gasteiger partial charge is 0.250 e. The lowest BCUT2D eigenvalue weighted by molar-refractivity contribution is -0.112. The number of benzene rings is 1. The van der Waals surface area contributed by atoms with Gasteiger partial charge in [-0.15, -0.1) is 0 Å². The molecule has 0 aliphatic heterocycles. The highest BCUT2D eigenvalue weighted by atomic mass is 16.5. The van der Waals surface area contributed by atoms with Crippen LogP contribution in [0.3, 0.4) is 0 Å². The van der Waals surface area contributed by atoms with Crippen molar-refractivity contribution in [3.8, 4) is 5.75 Å². The van der Waals surface area contributed by atoms with Crippen molar-refractivity contribution in [1.82, 2.24) is 14.9 Å². The summed E-state index contributed by atoms with van der Waals surface area (Å²) in [6, 6.07) is 5.74. The van der Waals surface area contributed by atoms with Crippen molar-refractivity contribution in [2.24, 2.45) is 5.92 Å². The number of carbonyl (C=O) groups excluding carboxylic acids is 1. The predicted octanol–water partition coefficient (Wildman–Crippen LogP) is 2.47. The van der Waals surface area contributed by atoms with Crippen molar-refractivity contribution in [2.45, 2.75) is 12.8 Å². The zero-order valence-corrected chi connectivity index (χ0v) is 14.0. The van der Waals surface area contributed by atoms with Gasteiger partial charge in [-0.2, -0.15) is 0 Å². The van der Waals surface area contributed by atoms with Crippen molar-refractivity contribution in [2.75, 3.05) is 32.6 Å². The Morgan fingerprint density at radius 2 is 2.25 bits per heavy atom. The van der Waals surface area contributed by atoms with E-state index >= 15 is 0 Å². The zero-order valence-electron chi connectivity index (χ0n) is 14.0. The minimum atomic E-state index is -0.239. The lowest BCUT2D eigenvalue weighted by Gasteiger charge is -2.07. The Morgan fingerprint density at radius 3 is 3.00 bits per heavy atom. The molecule has 126 valence electrons. The van der Waals surface area contributed by atoms with Gasteiger partial charge in [0.2, 0.25) is 11.9 Å². The monoisotopic (exact) mass is 326 g/mol. The predicted molar refractivity (Wildman–Crippen MR) is 94.1 cm³/mol. The maximum absolute atomic E-state index is 11.9. The number of amides is 1. The second-order valence-electron chi connectivity index (χ2n) is 6.32. The molecular formula is C18H22N4O2. The molecule has 1 aromatic carbocycles. The van der Waals surface area contributed by atoms with E-state index in [0.717, 1.165) is 23.3 Å². The fourth-order valence-electron chi connectivity index (χ4n) is 2.17. The molecule has 1 saturated carbocycles. The van der Waals surface area contributed by atoms with Crippen LogP contribution in [0.25, 0.3) is 10.9 Å². The van der Waals surface area contributed by atoms with Gasteiger partial charge in [-0.1, -0.05) is 6.08 Å². The maximum atomic E-state index is 11.9. The van der Waals surface area contributed by atoms with Gasteiger partial charge in [0, 0.05) is 30.3 Å². The molecule has 2 aromatic rings. The number of nitrogens with zero attached hydrogens (tertiary/aromatic N) is 3. The van der Waals surface area contributed by atoms with Crippen LogP contribution in [0.15, 0.2) is 36.5 Å². The Bertz CT molecular complexity index is 754. The highest BCUT2D eigenvalue weighted by molar-refractivity contribution is 5.98. The molecule has 0 saturated heterocycles. The normalized spacial score (nSPS) is 14.5. The van der Waals surface area contributed by atoms with Gasteiger partial charge in [0.1, 0.15) is 5.75 Å². The fourth-order valence-corrected chi connectivity index (χ4v) is 2.17. The summed E-state index contributed by atoms with van der Waals surface area (Å²) in [7, 11) is 3.88. The maximum Gasteiger partial charge on any atom is 0.250 e. The summed E-state index contributed by atoms with van der Waals surface area (Å²) in [4.78, 5) is 22.4. The average molecular weight is 326 g/mol. The van der Waals surface area contributed by atoms with E-state index in [-0.39, 0.29) is 5.91 Å². The highest BCUT2D eigenvalue weighted by Gasteiger charge is 2.21. The van der Waals surface area contributed by atoms with Crippen LogP contribution in [-0.2, 0) is 4.79 Å². The van der Waals surface area contributed by atoms with Crippen molar-refractivity contribution >= 4 is 22.8 Å². The molecule has 1 N–H and O–H groups in total. The third-order valence-corrected chi connectivity index (χ3v) is 3.71. The van der Waals surface area contributed by atoms with Crippen LogP contribution in [0.4, 0.5) is 5.95 Å². The number of hydrogen-bond donors (Lipinski definition) is 1. The van der Waals surface area contributed by atoms with Crippen LogP contribution >= 0.6 is 0 Å². The van der Waals surface area contributed by atoms with Crippen LogP contribution in [0.2, 0.25) is 0 Å². The Balaban J connectivity index is 1.66. The van der Waals surface area contributed by atoms with Gasteiger partial charge in [0.25, 0.3) is 0 Å². The Kier molecular flexibility index (Phi) is 5.05. The van der Waals surface area contributed by atoms with E-state index in [9.17, 15) is 4.79 Å². The largest absolute Gasteiger partial charge is 0.493 e. The van der Waals surface area contributed by atoms with Crippen molar-refractivity contribution in [3.63, 3.8) is 0 Å². The lowest BCUT2D eigenvalue weighted by atomic mass is 10.2. The standard InChI is InChI=1S/C18H22N4O2/c1-22(2)9-3-4-17(23)21-18-19-11-14-7-8-15(10-16(14)20-18)24-12-13-5-6-13/h3-4,7-8,10-11,13H,5-6,9,12H2,1-2H3,(H,19,20,21,23)/b4-3+. The first-order valence-electron chi connectivity index (χ1n) is 8.12. The molecule has 1 amide bonds. The number of hydrogen-bond acceptors (Lipinski definition) is 5. The molecular weight excluding hydrogens is 304 g/mol. The molecule has 0 unspecified atom stereocenters. The second-order valence-corrected chi connectivity index (χ2v) is 6.32. The van der Waals surface area contributed by atoms with E-state index in [0.29, 0.717) is 18.4 Å². The van der Waals surface area contributed by atoms with Crippen LogP contribution in [0.5, 0.6) is 5.75 Å². The average Bonchev–Trinajstić information content (AvgIpc) is 3.36. The fraction of sp³-hybridized carbons (Fsp3) is 0.389. The van der Waals surface area contributed by atoms with Crippen molar-refractivity contribution in [1.29, 1.82) is 0 Å². The summed E-state index contributed by atoms with van der Waals surface area (Å²) in [5.41, 5.74) is 0.755. The zero-order chi connectivity index (χ0) is 16.9. The first-order chi connectivity index (χ1) is 11.6. The van der Waals surface area contributed by atoms with Gasteiger partial charge in [-0.25, -0.2) is 9.97 Å². The summed E-state index contributed by atoms with van der Waals surface area (Å²) in [5.74, 6) is 1.56. The molecule has 24 heavy (non-hydrogen) atoms. The molecule has 1 aliphatic rings. The number of nitrogens with one attached hydrogen (secondary N) is 1. The minimum absolute atomic E-state index is 0.239. The van der Waals surface area contributed by atoms with Crippen molar-refractivity contribution in [3.05, 3.63) is 36.5 Å². The Labute approximate surface area is 141 Å². The number of anilines is 1. The van der Waals surface area contributed by atoms with Crippen LogP contribution < -0.4 is 10.1 Å². The van der Waals surface area contributed by atoms with E-state index in [1.54, 1.807) is 12.3 Å². The molecule has 6 heteroatoms. The molecule has 3 rings (SSSR count). The van der Waals surface area contributed by atoms with Gasteiger partial charge in [0.05, 0.1) is 12.1 Å². The van der Waals surface area contributed by atoms with Crippen LogP contribution in [0, 0.1) is 5.92 Å². The number of aromatic nitrogens is 2. The second kappa shape index (κ2) is 7.40. The van der Waals surface area contributed by atoms with E-state index in [2.05, 4.69) is 15.3 Å². The van der Waals surface area contributed by atoms with Gasteiger partial charge < -0.3 is 9.64 Å². The van der Waals surface area contributed by atoms with Crippen molar-refractivity contribution < 1.29 is 9.53 Å². The molecule has 1 aromatic heterocycles. The van der Waals surface area contributed by atoms with Crippen LogP contribution in [-0.4, -0.2) is 48.0 Å². The molecule has 0 atom stereocenters. The molecule has 1 heterocycles. The first kappa shape index (κ1) is 16.4. The molecule has 1 fully saturated rings. The number of rotatable bonds is 7. The van der Waals surface area contributed by atoms with Gasteiger partial charge in [0.15, 0.2) is 0 Å². The van der Waals surface area contributed by atoms with Gasteiger partial charge >= 0.3 is 0 Å². The van der Waals surface area contributed by atoms with Gasteiger partial charge in [-0.05, 0) is 45.0 Å². The topological polar surface area (TPSA) is 67.4 Å². The first-order valence-corrected chi connectivity index (χ1v) is 8.12. The molecule has 6 nitrogen and oxygen atoms in total. The lowest BCUT2D eigenvalue weighted by Crippen LogP contribution is -2.14. The summed E-state index contributed by atoms with van der Waals surface area (Å²) < 4.78 is 5.77. The number of likely N-dealkylation sites (N-methyl/N-ethyl adjacent to an activating group) is 1. The van der Waals surface area contributed by atoms with Crippen LogP contribution in [0.1, 0.15) is 12.8 Å². The minimum Gasteiger partial charge on any atom is -0.493 e. The highest BCUT2D eigenvalue weighted by Crippen LogP contribution is 2.30. The molecule has 1 aliphatic carbocycles. The SMILES string of the molecule is CN(C)C/C=C/C(=O)Nc1ncc2ccc(OCC3CC3)cc2n1.